The Bertz CT molecular complexity index is 1050. The predicted octanol–water partition coefficient (Wildman–Crippen LogP) is 2.89. The summed E-state index contributed by atoms with van der Waals surface area (Å²) in [5.74, 6) is 1.25. The molecule has 4 rings (SSSR count). The maximum absolute atomic E-state index is 13.2. The molecule has 0 spiro atoms. The number of ether oxygens (including phenoxy) is 1. The lowest BCUT2D eigenvalue weighted by atomic mass is 10.2. The number of nitrogens with one attached hydrogen (secondary N) is 1. The highest BCUT2D eigenvalue weighted by Crippen LogP contribution is 2.35. The van der Waals surface area contributed by atoms with Crippen molar-refractivity contribution < 1.29 is 17.9 Å². The second-order valence-corrected chi connectivity index (χ2v) is 10.4. The lowest BCUT2D eigenvalue weighted by Crippen LogP contribution is -2.48. The normalized spacial score (nSPS) is 20.3. The third-order valence-electron chi connectivity index (χ3n) is 5.45. The number of sulfonamides is 1. The fourth-order valence-electron chi connectivity index (χ4n) is 3.65. The van der Waals surface area contributed by atoms with Crippen LogP contribution in [0.3, 0.4) is 0 Å². The lowest BCUT2D eigenvalue weighted by molar-refractivity contribution is -0.118. The van der Waals surface area contributed by atoms with Crippen molar-refractivity contribution in [2.24, 2.45) is 5.92 Å². The first-order valence-electron chi connectivity index (χ1n) is 9.86. The molecular formula is C21H25N3O4S2. The number of nitrogens with zero attached hydrogens (tertiary/aromatic N) is 2. The van der Waals surface area contributed by atoms with Crippen LogP contribution in [0.2, 0.25) is 0 Å². The zero-order chi connectivity index (χ0) is 21.3. The van der Waals surface area contributed by atoms with Crippen LogP contribution in [0.1, 0.15) is 6.92 Å². The standard InChI is InChI=1S/C21H25N3O4S2/c1-15-14-29-20-8-7-16(13-17(20)22-21(15)25)30(26,27)24-11-9-23(10-12-24)18-5-3-4-6-19(18)28-2/h3-8,13,15H,9-12,14H2,1-2H3,(H,22,25)/t15-/m1/s1. The fourth-order valence-corrected chi connectivity index (χ4v) is 6.11. The van der Waals surface area contributed by atoms with Crippen LogP contribution in [-0.2, 0) is 14.8 Å². The maximum atomic E-state index is 13.2. The number of hydrogen-bond acceptors (Lipinski definition) is 6. The van der Waals surface area contributed by atoms with E-state index < -0.39 is 10.0 Å². The molecule has 2 aromatic rings. The van der Waals surface area contributed by atoms with Crippen LogP contribution < -0.4 is 15.0 Å². The Morgan fingerprint density at radius 1 is 1.10 bits per heavy atom. The molecule has 160 valence electrons. The monoisotopic (exact) mass is 447 g/mol. The van der Waals surface area contributed by atoms with Crippen LogP contribution in [0.25, 0.3) is 0 Å². The number of para-hydroxylation sites is 2. The average molecular weight is 448 g/mol. The summed E-state index contributed by atoms with van der Waals surface area (Å²) in [6, 6.07) is 12.8. The van der Waals surface area contributed by atoms with Crippen molar-refractivity contribution in [3.8, 4) is 5.75 Å². The van der Waals surface area contributed by atoms with Crippen molar-refractivity contribution >= 4 is 39.1 Å². The first-order chi connectivity index (χ1) is 14.4. The molecule has 0 saturated carbocycles. The molecule has 1 amide bonds. The molecule has 0 aromatic heterocycles. The quantitative estimate of drug-likeness (QED) is 0.777. The molecule has 7 nitrogen and oxygen atoms in total. The summed E-state index contributed by atoms with van der Waals surface area (Å²) in [7, 11) is -2.01. The highest BCUT2D eigenvalue weighted by Gasteiger charge is 2.30. The molecule has 2 aromatic carbocycles. The number of benzene rings is 2. The number of piperazine rings is 1. The number of carbonyl (C=O) groups excluding carboxylic acids is 1. The molecule has 1 saturated heterocycles. The number of fused-ring (bicyclic) bond motifs is 1. The van der Waals surface area contributed by atoms with E-state index in [2.05, 4.69) is 10.2 Å². The van der Waals surface area contributed by atoms with E-state index in [-0.39, 0.29) is 16.7 Å². The van der Waals surface area contributed by atoms with Gasteiger partial charge in [0.05, 0.1) is 23.4 Å². The second kappa shape index (κ2) is 8.49. The Morgan fingerprint density at radius 3 is 2.57 bits per heavy atom. The van der Waals surface area contributed by atoms with Crippen LogP contribution in [0.15, 0.2) is 52.3 Å². The van der Waals surface area contributed by atoms with Gasteiger partial charge in [0, 0.05) is 42.7 Å². The predicted molar refractivity (Wildman–Crippen MR) is 119 cm³/mol. The number of hydrogen-bond donors (Lipinski definition) is 1. The highest BCUT2D eigenvalue weighted by molar-refractivity contribution is 7.99. The van der Waals surface area contributed by atoms with Gasteiger partial charge in [0.1, 0.15) is 5.75 Å². The van der Waals surface area contributed by atoms with E-state index in [4.69, 9.17) is 4.74 Å². The molecule has 1 fully saturated rings. The summed E-state index contributed by atoms with van der Waals surface area (Å²) in [5, 5.41) is 2.86. The van der Waals surface area contributed by atoms with Gasteiger partial charge in [-0.1, -0.05) is 19.1 Å². The number of anilines is 2. The molecule has 1 N–H and O–H groups in total. The van der Waals surface area contributed by atoms with Crippen molar-refractivity contribution in [1.29, 1.82) is 0 Å². The van der Waals surface area contributed by atoms with Crippen LogP contribution in [0.4, 0.5) is 11.4 Å². The van der Waals surface area contributed by atoms with Gasteiger partial charge >= 0.3 is 0 Å². The van der Waals surface area contributed by atoms with Gasteiger partial charge in [-0.25, -0.2) is 8.42 Å². The molecule has 2 heterocycles. The molecule has 2 aliphatic heterocycles. The van der Waals surface area contributed by atoms with Crippen LogP contribution >= 0.6 is 11.8 Å². The van der Waals surface area contributed by atoms with E-state index in [9.17, 15) is 13.2 Å². The second-order valence-electron chi connectivity index (χ2n) is 7.42. The smallest absolute Gasteiger partial charge is 0.243 e. The van der Waals surface area contributed by atoms with Crippen molar-refractivity contribution in [2.45, 2.75) is 16.7 Å². The van der Waals surface area contributed by atoms with Gasteiger partial charge in [-0.3, -0.25) is 4.79 Å². The molecule has 0 radical (unpaired) electrons. The Hall–Kier alpha value is -2.23. The number of thioether (sulfide) groups is 1. The molecule has 9 heteroatoms. The molecule has 0 unspecified atom stereocenters. The Kier molecular flexibility index (Phi) is 5.95. The highest BCUT2D eigenvalue weighted by atomic mass is 32.2. The van der Waals surface area contributed by atoms with Gasteiger partial charge in [-0.2, -0.15) is 4.31 Å². The van der Waals surface area contributed by atoms with Gasteiger partial charge in [-0.15, -0.1) is 11.8 Å². The van der Waals surface area contributed by atoms with Gasteiger partial charge in [0.2, 0.25) is 15.9 Å². The number of rotatable bonds is 4. The SMILES string of the molecule is COc1ccccc1N1CCN(S(=O)(=O)c2ccc3c(c2)NC(=O)[C@H](C)CS3)CC1. The third kappa shape index (κ3) is 4.01. The fraction of sp³-hybridized carbons (Fsp3) is 0.381. The van der Waals surface area contributed by atoms with Crippen LogP contribution in [0.5, 0.6) is 5.75 Å². The minimum absolute atomic E-state index is 0.0822. The summed E-state index contributed by atoms with van der Waals surface area (Å²) in [4.78, 5) is 15.4. The van der Waals surface area contributed by atoms with Crippen LogP contribution in [0, 0.1) is 5.92 Å². The number of amides is 1. The van der Waals surface area contributed by atoms with Crippen molar-refractivity contribution in [1.82, 2.24) is 4.31 Å². The first-order valence-corrected chi connectivity index (χ1v) is 12.3. The van der Waals surface area contributed by atoms with E-state index in [1.807, 2.05) is 31.2 Å². The number of methoxy groups -OCH3 is 1. The van der Waals surface area contributed by atoms with E-state index in [0.29, 0.717) is 37.6 Å². The Labute approximate surface area is 181 Å². The van der Waals surface area contributed by atoms with Gasteiger partial charge in [-0.05, 0) is 30.3 Å². The summed E-state index contributed by atoms with van der Waals surface area (Å²) in [6.07, 6.45) is 0. The average Bonchev–Trinajstić information content (AvgIpc) is 2.91. The zero-order valence-electron chi connectivity index (χ0n) is 17.0. The van der Waals surface area contributed by atoms with Crippen molar-refractivity contribution in [3.63, 3.8) is 0 Å². The molecule has 0 aliphatic carbocycles. The molecular weight excluding hydrogens is 422 g/mol. The largest absolute Gasteiger partial charge is 0.495 e. The summed E-state index contributed by atoms with van der Waals surface area (Å²) in [6.45, 7) is 3.79. The lowest BCUT2D eigenvalue weighted by Gasteiger charge is -2.36. The summed E-state index contributed by atoms with van der Waals surface area (Å²) < 4.78 is 33.4. The van der Waals surface area contributed by atoms with Crippen molar-refractivity contribution in [2.75, 3.05) is 49.3 Å². The van der Waals surface area contributed by atoms with E-state index in [1.165, 1.54) is 4.31 Å². The molecule has 0 bridgehead atoms. The van der Waals surface area contributed by atoms with Crippen molar-refractivity contribution in [3.05, 3.63) is 42.5 Å². The Balaban J connectivity index is 1.51. The minimum atomic E-state index is -3.64. The minimum Gasteiger partial charge on any atom is -0.495 e. The van der Waals surface area contributed by atoms with Gasteiger partial charge in [0.15, 0.2) is 0 Å². The number of carbonyl (C=O) groups is 1. The van der Waals surface area contributed by atoms with Gasteiger partial charge in [0.25, 0.3) is 0 Å². The zero-order valence-corrected chi connectivity index (χ0v) is 18.6. The maximum Gasteiger partial charge on any atom is 0.243 e. The molecule has 30 heavy (non-hydrogen) atoms. The van der Waals surface area contributed by atoms with Gasteiger partial charge < -0.3 is 15.0 Å². The summed E-state index contributed by atoms with van der Waals surface area (Å²) >= 11 is 1.57. The van der Waals surface area contributed by atoms with E-state index in [1.54, 1.807) is 37.1 Å². The van der Waals surface area contributed by atoms with E-state index >= 15 is 0 Å². The summed E-state index contributed by atoms with van der Waals surface area (Å²) in [5.41, 5.74) is 1.54. The Morgan fingerprint density at radius 2 is 1.83 bits per heavy atom. The van der Waals surface area contributed by atoms with E-state index in [0.717, 1.165) is 16.3 Å². The first kappa shape index (κ1) is 21.0. The third-order valence-corrected chi connectivity index (χ3v) is 8.68. The molecule has 1 atom stereocenters. The molecule has 2 aliphatic rings. The topological polar surface area (TPSA) is 79.0 Å². The van der Waals surface area contributed by atoms with Crippen LogP contribution in [-0.4, -0.2) is 57.7 Å².